The minimum atomic E-state index is -0.845. The van der Waals surface area contributed by atoms with Gasteiger partial charge < -0.3 is 14.4 Å². The Kier molecular flexibility index (Phi) is 3.98. The molecule has 1 aliphatic heterocycles. The number of carbonyl (C=O) groups is 2. The van der Waals surface area contributed by atoms with Gasteiger partial charge in [-0.2, -0.15) is 0 Å². The molecule has 0 bridgehead atoms. The zero-order valence-electron chi connectivity index (χ0n) is 12.1. The SMILES string of the molecule is C[C@@H]1[C@H](C(=O)O)CCCN1C(=O)c1csc(-c2ccoc2)n1. The number of furan rings is 1. The van der Waals surface area contributed by atoms with Crippen molar-refractivity contribution < 1.29 is 19.1 Å². The van der Waals surface area contributed by atoms with Crippen LogP contribution < -0.4 is 0 Å². The highest BCUT2D eigenvalue weighted by Gasteiger charge is 2.36. The molecule has 1 saturated heterocycles. The summed E-state index contributed by atoms with van der Waals surface area (Å²) < 4.78 is 5.02. The quantitative estimate of drug-likeness (QED) is 0.940. The molecule has 0 aliphatic carbocycles. The average molecular weight is 320 g/mol. The van der Waals surface area contributed by atoms with E-state index < -0.39 is 11.9 Å². The van der Waals surface area contributed by atoms with E-state index in [4.69, 9.17) is 4.42 Å². The number of carbonyl (C=O) groups excluding carboxylic acids is 1. The number of hydrogen-bond donors (Lipinski definition) is 1. The van der Waals surface area contributed by atoms with Gasteiger partial charge in [-0.1, -0.05) is 0 Å². The number of amides is 1. The van der Waals surface area contributed by atoms with Gasteiger partial charge in [-0.15, -0.1) is 11.3 Å². The lowest BCUT2D eigenvalue weighted by Gasteiger charge is -2.37. The molecule has 2 aromatic heterocycles. The van der Waals surface area contributed by atoms with E-state index in [1.807, 2.05) is 0 Å². The summed E-state index contributed by atoms with van der Waals surface area (Å²) in [6, 6.07) is 1.47. The molecule has 2 aromatic rings. The largest absolute Gasteiger partial charge is 0.481 e. The van der Waals surface area contributed by atoms with E-state index in [2.05, 4.69) is 4.98 Å². The van der Waals surface area contributed by atoms with E-state index in [1.54, 1.807) is 35.8 Å². The minimum Gasteiger partial charge on any atom is -0.481 e. The van der Waals surface area contributed by atoms with Gasteiger partial charge in [-0.05, 0) is 25.8 Å². The maximum atomic E-state index is 12.6. The molecule has 3 heterocycles. The van der Waals surface area contributed by atoms with Crippen LogP contribution >= 0.6 is 11.3 Å². The van der Waals surface area contributed by atoms with Crippen LogP contribution in [0.1, 0.15) is 30.3 Å². The summed E-state index contributed by atoms with van der Waals surface area (Å²) in [6.07, 6.45) is 4.45. The van der Waals surface area contributed by atoms with Crippen LogP contribution in [0.2, 0.25) is 0 Å². The van der Waals surface area contributed by atoms with Crippen molar-refractivity contribution in [1.82, 2.24) is 9.88 Å². The maximum Gasteiger partial charge on any atom is 0.308 e. The fraction of sp³-hybridized carbons (Fsp3) is 0.400. The van der Waals surface area contributed by atoms with Gasteiger partial charge in [0, 0.05) is 23.5 Å². The highest BCUT2D eigenvalue weighted by atomic mass is 32.1. The van der Waals surface area contributed by atoms with Crippen molar-refractivity contribution in [3.05, 3.63) is 29.7 Å². The predicted molar refractivity (Wildman–Crippen MR) is 80.7 cm³/mol. The van der Waals surface area contributed by atoms with Crippen LogP contribution in [-0.4, -0.2) is 39.5 Å². The number of piperidine rings is 1. The number of carboxylic acid groups (broad SMARTS) is 1. The first-order valence-corrected chi connectivity index (χ1v) is 7.97. The second-order valence-corrected chi connectivity index (χ2v) is 6.23. The van der Waals surface area contributed by atoms with Crippen molar-refractivity contribution in [2.45, 2.75) is 25.8 Å². The summed E-state index contributed by atoms with van der Waals surface area (Å²) in [5.74, 6) is -1.56. The Morgan fingerprint density at radius 3 is 3.00 bits per heavy atom. The summed E-state index contributed by atoms with van der Waals surface area (Å²) in [5, 5.41) is 11.7. The average Bonchev–Trinajstić information content (AvgIpc) is 3.17. The van der Waals surface area contributed by atoms with E-state index in [0.29, 0.717) is 25.1 Å². The van der Waals surface area contributed by atoms with Gasteiger partial charge in [-0.25, -0.2) is 4.98 Å². The zero-order chi connectivity index (χ0) is 15.7. The minimum absolute atomic E-state index is 0.204. The van der Waals surface area contributed by atoms with Crippen LogP contribution in [0.15, 0.2) is 28.4 Å². The van der Waals surface area contributed by atoms with Gasteiger partial charge in [0.1, 0.15) is 17.0 Å². The van der Waals surface area contributed by atoms with Crippen LogP contribution in [-0.2, 0) is 4.79 Å². The fourth-order valence-electron chi connectivity index (χ4n) is 2.80. The van der Waals surface area contributed by atoms with Crippen molar-refractivity contribution in [2.75, 3.05) is 6.54 Å². The third-order valence-corrected chi connectivity index (χ3v) is 4.95. The molecular formula is C15H16N2O4S. The number of rotatable bonds is 3. The number of nitrogens with zero attached hydrogens (tertiary/aromatic N) is 2. The molecule has 7 heteroatoms. The maximum absolute atomic E-state index is 12.6. The van der Waals surface area contributed by atoms with Gasteiger partial charge in [-0.3, -0.25) is 9.59 Å². The topological polar surface area (TPSA) is 83.6 Å². The van der Waals surface area contributed by atoms with Crippen LogP contribution in [0.5, 0.6) is 0 Å². The second-order valence-electron chi connectivity index (χ2n) is 5.38. The van der Waals surface area contributed by atoms with Crippen LogP contribution in [0.25, 0.3) is 10.6 Å². The molecule has 1 amide bonds. The molecule has 0 aromatic carbocycles. The van der Waals surface area contributed by atoms with Crippen molar-refractivity contribution in [3.8, 4) is 10.6 Å². The molecule has 1 fully saturated rings. The fourth-order valence-corrected chi connectivity index (χ4v) is 3.58. The Bertz CT molecular complexity index is 680. The number of thiazole rings is 1. The van der Waals surface area contributed by atoms with E-state index in [0.717, 1.165) is 10.6 Å². The van der Waals surface area contributed by atoms with Crippen LogP contribution in [0.3, 0.4) is 0 Å². The van der Waals surface area contributed by atoms with Gasteiger partial charge in [0.15, 0.2) is 0 Å². The number of hydrogen-bond acceptors (Lipinski definition) is 5. The van der Waals surface area contributed by atoms with Gasteiger partial charge in [0.2, 0.25) is 0 Å². The molecule has 0 unspecified atom stereocenters. The second kappa shape index (κ2) is 5.92. The van der Waals surface area contributed by atoms with Crippen molar-refractivity contribution in [3.63, 3.8) is 0 Å². The normalized spacial score (nSPS) is 21.8. The van der Waals surface area contributed by atoms with Gasteiger partial charge in [0.25, 0.3) is 5.91 Å². The molecule has 2 atom stereocenters. The predicted octanol–water partition coefficient (Wildman–Crippen LogP) is 2.73. The van der Waals surface area contributed by atoms with Gasteiger partial charge >= 0.3 is 5.97 Å². The molecule has 3 rings (SSSR count). The van der Waals surface area contributed by atoms with Crippen molar-refractivity contribution >= 4 is 23.2 Å². The Hall–Kier alpha value is -2.15. The summed E-state index contributed by atoms with van der Waals surface area (Å²) in [5.41, 5.74) is 1.19. The molecule has 1 aliphatic rings. The molecule has 6 nitrogen and oxygen atoms in total. The summed E-state index contributed by atoms with van der Waals surface area (Å²) >= 11 is 1.37. The molecule has 22 heavy (non-hydrogen) atoms. The monoisotopic (exact) mass is 320 g/mol. The highest BCUT2D eigenvalue weighted by Crippen LogP contribution is 2.28. The van der Waals surface area contributed by atoms with Gasteiger partial charge in [0.05, 0.1) is 12.2 Å². The first-order chi connectivity index (χ1) is 10.6. The molecule has 0 saturated carbocycles. The molecule has 0 radical (unpaired) electrons. The Balaban J connectivity index is 1.80. The van der Waals surface area contributed by atoms with Crippen molar-refractivity contribution in [1.29, 1.82) is 0 Å². The van der Waals surface area contributed by atoms with Crippen molar-refractivity contribution in [2.24, 2.45) is 5.92 Å². The standard InChI is InChI=1S/C15H16N2O4S/c1-9-11(15(19)20)3-2-5-17(9)14(18)12-8-22-13(16-12)10-4-6-21-7-10/h4,6-9,11H,2-3,5H2,1H3,(H,19,20)/t9-,11-/m1/s1. The number of likely N-dealkylation sites (tertiary alicyclic amines) is 1. The number of aliphatic carboxylic acids is 1. The third-order valence-electron chi connectivity index (χ3n) is 4.06. The number of carboxylic acids is 1. The van der Waals surface area contributed by atoms with E-state index >= 15 is 0 Å². The van der Waals surface area contributed by atoms with E-state index in [9.17, 15) is 14.7 Å². The third kappa shape index (κ3) is 2.64. The first kappa shape index (κ1) is 14.8. The summed E-state index contributed by atoms with van der Waals surface area (Å²) in [7, 11) is 0. The molecular weight excluding hydrogens is 304 g/mol. The van der Waals surface area contributed by atoms with E-state index in [-0.39, 0.29) is 11.9 Å². The summed E-state index contributed by atoms with van der Waals surface area (Å²) in [6.45, 7) is 2.36. The van der Waals surface area contributed by atoms with Crippen LogP contribution in [0.4, 0.5) is 0 Å². The Labute approximate surface area is 131 Å². The summed E-state index contributed by atoms with van der Waals surface area (Å²) in [4.78, 5) is 29.9. The Morgan fingerprint density at radius 2 is 2.32 bits per heavy atom. The Morgan fingerprint density at radius 1 is 1.50 bits per heavy atom. The lowest BCUT2D eigenvalue weighted by atomic mass is 9.90. The van der Waals surface area contributed by atoms with Crippen LogP contribution in [0, 0.1) is 5.92 Å². The number of aromatic nitrogens is 1. The molecule has 0 spiro atoms. The lowest BCUT2D eigenvalue weighted by Crippen LogP contribution is -2.49. The smallest absolute Gasteiger partial charge is 0.308 e. The highest BCUT2D eigenvalue weighted by molar-refractivity contribution is 7.13. The zero-order valence-corrected chi connectivity index (χ0v) is 12.9. The first-order valence-electron chi connectivity index (χ1n) is 7.10. The molecule has 1 N–H and O–H groups in total. The van der Waals surface area contributed by atoms with E-state index in [1.165, 1.54) is 11.3 Å². The lowest BCUT2D eigenvalue weighted by molar-refractivity contribution is -0.144. The molecule has 116 valence electrons.